The van der Waals surface area contributed by atoms with E-state index in [-0.39, 0.29) is 17.5 Å². The zero-order valence-corrected chi connectivity index (χ0v) is 15.1. The second-order valence-corrected chi connectivity index (χ2v) is 7.27. The molecule has 0 atom stereocenters. The van der Waals surface area contributed by atoms with Crippen LogP contribution in [-0.4, -0.2) is 10.8 Å². The van der Waals surface area contributed by atoms with Crippen molar-refractivity contribution in [3.63, 3.8) is 0 Å². The standard InChI is InChI=1S/C19H18N4OS/c1-9(2)13-12(8-20)18(22)23-19-14(13)15(21)17(25-19)16(24)11-6-4-10(3)5-7-11/h4-7,9H,21H2,1-3H3,(H2,22,23). The van der Waals surface area contributed by atoms with E-state index >= 15 is 0 Å². The zero-order valence-electron chi connectivity index (χ0n) is 14.3. The van der Waals surface area contributed by atoms with Crippen LogP contribution in [0.5, 0.6) is 0 Å². The van der Waals surface area contributed by atoms with E-state index < -0.39 is 0 Å². The summed E-state index contributed by atoms with van der Waals surface area (Å²) in [6.07, 6.45) is 0. The van der Waals surface area contributed by atoms with Crippen LogP contribution in [-0.2, 0) is 0 Å². The van der Waals surface area contributed by atoms with Gasteiger partial charge in [-0.15, -0.1) is 11.3 Å². The quantitative estimate of drug-likeness (QED) is 0.695. The van der Waals surface area contributed by atoms with Crippen molar-refractivity contribution in [1.82, 2.24) is 4.98 Å². The predicted molar refractivity (Wildman–Crippen MR) is 102 cm³/mol. The lowest BCUT2D eigenvalue weighted by molar-refractivity contribution is 0.104. The van der Waals surface area contributed by atoms with Gasteiger partial charge in [0.05, 0.1) is 11.3 Å². The number of hydrogen-bond acceptors (Lipinski definition) is 6. The Labute approximate surface area is 149 Å². The van der Waals surface area contributed by atoms with Crippen molar-refractivity contribution in [2.75, 3.05) is 11.5 Å². The smallest absolute Gasteiger partial charge is 0.205 e. The molecular weight excluding hydrogens is 332 g/mol. The van der Waals surface area contributed by atoms with E-state index in [1.165, 1.54) is 11.3 Å². The van der Waals surface area contributed by atoms with Crippen molar-refractivity contribution in [3.8, 4) is 6.07 Å². The minimum absolute atomic E-state index is 0.0293. The SMILES string of the molecule is Cc1ccc(C(=O)c2sc3nc(N)c(C#N)c(C(C)C)c3c2N)cc1. The highest BCUT2D eigenvalue weighted by atomic mass is 32.1. The molecule has 1 aromatic carbocycles. The Morgan fingerprint density at radius 1 is 1.24 bits per heavy atom. The van der Waals surface area contributed by atoms with Crippen LogP contribution >= 0.6 is 11.3 Å². The Bertz CT molecular complexity index is 1030. The van der Waals surface area contributed by atoms with Crippen LogP contribution in [0.3, 0.4) is 0 Å². The van der Waals surface area contributed by atoms with Gasteiger partial charge < -0.3 is 11.5 Å². The number of hydrogen-bond donors (Lipinski definition) is 2. The number of ketones is 1. The third-order valence-corrected chi connectivity index (χ3v) is 5.25. The monoisotopic (exact) mass is 350 g/mol. The molecule has 2 aromatic heterocycles. The number of rotatable bonds is 3. The summed E-state index contributed by atoms with van der Waals surface area (Å²) in [5, 5.41) is 10.1. The number of nitrogens with zero attached hydrogens (tertiary/aromatic N) is 2. The highest BCUT2D eigenvalue weighted by molar-refractivity contribution is 7.21. The van der Waals surface area contributed by atoms with E-state index in [2.05, 4.69) is 11.1 Å². The number of anilines is 2. The van der Waals surface area contributed by atoms with Gasteiger partial charge in [0.1, 0.15) is 21.6 Å². The summed E-state index contributed by atoms with van der Waals surface area (Å²) in [5.41, 5.74) is 15.4. The second-order valence-electron chi connectivity index (χ2n) is 6.27. The predicted octanol–water partition coefficient (Wildman–Crippen LogP) is 4.00. The largest absolute Gasteiger partial charge is 0.397 e. The van der Waals surface area contributed by atoms with Gasteiger partial charge in [0.2, 0.25) is 5.78 Å². The first-order valence-electron chi connectivity index (χ1n) is 7.88. The molecule has 6 heteroatoms. The highest BCUT2D eigenvalue weighted by Gasteiger charge is 2.25. The van der Waals surface area contributed by atoms with Gasteiger partial charge in [0, 0.05) is 10.9 Å². The van der Waals surface area contributed by atoms with Crippen LogP contribution in [0.15, 0.2) is 24.3 Å². The van der Waals surface area contributed by atoms with E-state index in [9.17, 15) is 10.1 Å². The first-order chi connectivity index (χ1) is 11.8. The summed E-state index contributed by atoms with van der Waals surface area (Å²) in [4.78, 5) is 18.2. The lowest BCUT2D eigenvalue weighted by Gasteiger charge is -2.12. The molecule has 25 heavy (non-hydrogen) atoms. The third-order valence-electron chi connectivity index (χ3n) is 4.15. The number of thiophene rings is 1. The highest BCUT2D eigenvalue weighted by Crippen LogP contribution is 2.41. The Morgan fingerprint density at radius 2 is 1.88 bits per heavy atom. The minimum atomic E-state index is -0.146. The fraction of sp³-hybridized carbons (Fsp3) is 0.211. The second kappa shape index (κ2) is 6.19. The molecule has 4 N–H and O–H groups in total. The van der Waals surface area contributed by atoms with Crippen LogP contribution in [0.25, 0.3) is 10.2 Å². The summed E-state index contributed by atoms with van der Waals surface area (Å²) in [7, 11) is 0. The van der Waals surface area contributed by atoms with Gasteiger partial charge in [0.25, 0.3) is 0 Å². The van der Waals surface area contributed by atoms with E-state index in [4.69, 9.17) is 11.5 Å². The number of nitriles is 1. The summed E-state index contributed by atoms with van der Waals surface area (Å²) >= 11 is 1.22. The van der Waals surface area contributed by atoms with Crippen molar-refractivity contribution >= 4 is 38.8 Å². The van der Waals surface area contributed by atoms with E-state index in [1.807, 2.05) is 32.9 Å². The summed E-state index contributed by atoms with van der Waals surface area (Å²) in [6, 6.07) is 9.47. The number of fused-ring (bicyclic) bond motifs is 1. The normalized spacial score (nSPS) is 11.0. The summed E-state index contributed by atoms with van der Waals surface area (Å²) in [6.45, 7) is 5.90. The molecule has 0 unspecified atom stereocenters. The Hall–Kier alpha value is -2.91. The molecule has 0 bridgehead atoms. The van der Waals surface area contributed by atoms with E-state index in [0.717, 1.165) is 11.1 Å². The van der Waals surface area contributed by atoms with E-state index in [1.54, 1.807) is 12.1 Å². The van der Waals surface area contributed by atoms with Gasteiger partial charge in [0.15, 0.2) is 0 Å². The molecule has 126 valence electrons. The Morgan fingerprint density at radius 3 is 2.44 bits per heavy atom. The fourth-order valence-corrected chi connectivity index (χ4v) is 3.98. The molecule has 5 nitrogen and oxygen atoms in total. The number of aryl methyl sites for hydroxylation is 1. The van der Waals surface area contributed by atoms with Crippen LogP contribution in [0.1, 0.15) is 51.7 Å². The van der Waals surface area contributed by atoms with Crippen molar-refractivity contribution < 1.29 is 4.79 Å². The lowest BCUT2D eigenvalue weighted by Crippen LogP contribution is -2.04. The summed E-state index contributed by atoms with van der Waals surface area (Å²) < 4.78 is 0. The van der Waals surface area contributed by atoms with Gasteiger partial charge in [-0.05, 0) is 18.4 Å². The van der Waals surface area contributed by atoms with Crippen molar-refractivity contribution in [3.05, 3.63) is 51.4 Å². The zero-order chi connectivity index (χ0) is 18.3. The maximum atomic E-state index is 12.9. The molecule has 0 aliphatic carbocycles. The van der Waals surface area contributed by atoms with Crippen molar-refractivity contribution in [2.24, 2.45) is 0 Å². The first-order valence-corrected chi connectivity index (χ1v) is 8.69. The van der Waals surface area contributed by atoms with Crippen molar-refractivity contribution in [1.29, 1.82) is 5.26 Å². The van der Waals surface area contributed by atoms with Crippen LogP contribution in [0.2, 0.25) is 0 Å². The van der Waals surface area contributed by atoms with Gasteiger partial charge in [-0.25, -0.2) is 4.98 Å². The summed E-state index contributed by atoms with van der Waals surface area (Å²) in [5.74, 6) is 0.0586. The Balaban J connectivity index is 2.27. The number of pyridine rings is 1. The number of carbonyl (C=O) groups is 1. The molecule has 0 saturated heterocycles. The van der Waals surface area contributed by atoms with Crippen LogP contribution in [0.4, 0.5) is 11.5 Å². The number of nitrogen functional groups attached to an aromatic ring is 2. The van der Waals surface area contributed by atoms with Gasteiger partial charge >= 0.3 is 0 Å². The number of benzene rings is 1. The number of carbonyl (C=O) groups excluding carboxylic acids is 1. The maximum absolute atomic E-state index is 12.9. The molecule has 0 aliphatic rings. The first kappa shape index (κ1) is 16.9. The minimum Gasteiger partial charge on any atom is -0.397 e. The fourth-order valence-electron chi connectivity index (χ4n) is 2.90. The van der Waals surface area contributed by atoms with Crippen molar-refractivity contribution in [2.45, 2.75) is 26.7 Å². The molecular formula is C19H18N4OS. The maximum Gasteiger partial charge on any atom is 0.205 e. The lowest BCUT2D eigenvalue weighted by atomic mass is 9.94. The van der Waals surface area contributed by atoms with Gasteiger partial charge in [-0.3, -0.25) is 4.79 Å². The third kappa shape index (κ3) is 2.73. The van der Waals surface area contributed by atoms with E-state index in [0.29, 0.717) is 31.9 Å². The van der Waals surface area contributed by atoms with Gasteiger partial charge in [-0.2, -0.15) is 5.26 Å². The number of aromatic nitrogens is 1. The average molecular weight is 350 g/mol. The molecule has 2 heterocycles. The van der Waals surface area contributed by atoms with Crippen LogP contribution in [0, 0.1) is 18.3 Å². The molecule has 0 fully saturated rings. The molecule has 3 rings (SSSR count). The molecule has 0 amide bonds. The average Bonchev–Trinajstić information content (AvgIpc) is 2.89. The topological polar surface area (TPSA) is 106 Å². The van der Waals surface area contributed by atoms with Gasteiger partial charge in [-0.1, -0.05) is 43.7 Å². The Kier molecular flexibility index (Phi) is 4.19. The molecule has 0 spiro atoms. The molecule has 0 aliphatic heterocycles. The molecule has 0 radical (unpaired) electrons. The molecule has 0 saturated carbocycles. The molecule has 3 aromatic rings. The van der Waals surface area contributed by atoms with Crippen LogP contribution < -0.4 is 11.5 Å². The number of nitrogens with two attached hydrogens (primary N) is 2.